The lowest BCUT2D eigenvalue weighted by Crippen LogP contribution is -2.49. The third-order valence-electron chi connectivity index (χ3n) is 1.97. The van der Waals surface area contributed by atoms with Gasteiger partial charge < -0.3 is 24.4 Å². The monoisotopic (exact) mass is 292 g/mol. The molecule has 0 aromatic carbocycles. The van der Waals surface area contributed by atoms with Crippen molar-refractivity contribution < 1.29 is 43.6 Å². The Hall–Kier alpha value is -2.16. The lowest BCUT2D eigenvalue weighted by molar-refractivity contribution is -0.188. The summed E-state index contributed by atoms with van der Waals surface area (Å²) in [4.78, 5) is 43.4. The average molecular weight is 292 g/mol. The zero-order valence-electron chi connectivity index (χ0n) is 11.2. The third-order valence-corrected chi connectivity index (χ3v) is 1.97. The number of aliphatic carboxylic acids is 1. The Morgan fingerprint density at radius 2 is 1.45 bits per heavy atom. The number of carbonyl (C=O) groups excluding carboxylic acids is 3. The van der Waals surface area contributed by atoms with Crippen molar-refractivity contribution in [2.75, 3.05) is 6.61 Å². The van der Waals surface area contributed by atoms with Crippen molar-refractivity contribution in [3.8, 4) is 0 Å². The van der Waals surface area contributed by atoms with Crippen molar-refractivity contribution in [3.05, 3.63) is 0 Å². The maximum Gasteiger partial charge on any atom is 0.349 e. The van der Waals surface area contributed by atoms with Gasteiger partial charge in [-0.2, -0.15) is 0 Å². The third kappa shape index (κ3) is 6.69. The second-order valence-corrected chi connectivity index (χ2v) is 3.81. The first-order valence-electron chi connectivity index (χ1n) is 5.53. The summed E-state index contributed by atoms with van der Waals surface area (Å²) in [6.07, 6.45) is -5.28. The largest absolute Gasteiger partial charge is 0.478 e. The number of aliphatic hydroxyl groups is 1. The van der Waals surface area contributed by atoms with Gasteiger partial charge in [0, 0.05) is 20.8 Å². The fourth-order valence-corrected chi connectivity index (χ4v) is 1.27. The molecule has 3 atom stereocenters. The van der Waals surface area contributed by atoms with Gasteiger partial charge in [0.15, 0.2) is 6.10 Å². The molecule has 9 nitrogen and oxygen atoms in total. The fourth-order valence-electron chi connectivity index (χ4n) is 1.27. The van der Waals surface area contributed by atoms with E-state index in [1.165, 1.54) is 0 Å². The van der Waals surface area contributed by atoms with Gasteiger partial charge in [0.1, 0.15) is 12.7 Å². The van der Waals surface area contributed by atoms with Crippen LogP contribution in [0.1, 0.15) is 20.8 Å². The van der Waals surface area contributed by atoms with Crippen LogP contribution in [-0.4, -0.2) is 59.0 Å². The Morgan fingerprint density at radius 1 is 0.950 bits per heavy atom. The summed E-state index contributed by atoms with van der Waals surface area (Å²) < 4.78 is 13.6. The van der Waals surface area contributed by atoms with Crippen LogP contribution < -0.4 is 0 Å². The molecule has 0 amide bonds. The van der Waals surface area contributed by atoms with Gasteiger partial charge in [-0.05, 0) is 0 Å². The molecule has 0 aliphatic heterocycles. The zero-order chi connectivity index (χ0) is 15.9. The SMILES string of the molecule is CC(=O)OC[C@H](O)[C@@H](OC(C)=O)[C@@H](OC(C)=O)C(=O)O. The molecule has 0 spiro atoms. The maximum atomic E-state index is 11.0. The summed E-state index contributed by atoms with van der Waals surface area (Å²) >= 11 is 0. The first-order valence-corrected chi connectivity index (χ1v) is 5.53. The van der Waals surface area contributed by atoms with Crippen molar-refractivity contribution in [1.29, 1.82) is 0 Å². The summed E-state index contributed by atoms with van der Waals surface area (Å²) in [5.41, 5.74) is 0. The molecular formula is C11H16O9. The number of hydrogen-bond acceptors (Lipinski definition) is 8. The van der Waals surface area contributed by atoms with E-state index in [0.29, 0.717) is 0 Å². The minimum absolute atomic E-state index is 0.613. The van der Waals surface area contributed by atoms with Gasteiger partial charge in [0.05, 0.1) is 0 Å². The van der Waals surface area contributed by atoms with Gasteiger partial charge in [-0.25, -0.2) is 4.79 Å². The number of esters is 3. The highest BCUT2D eigenvalue weighted by Gasteiger charge is 2.39. The molecule has 0 aliphatic rings. The molecule has 0 unspecified atom stereocenters. The summed E-state index contributed by atoms with van der Waals surface area (Å²) in [5, 5.41) is 18.7. The molecule has 9 heteroatoms. The van der Waals surface area contributed by atoms with E-state index in [2.05, 4.69) is 14.2 Å². The highest BCUT2D eigenvalue weighted by Crippen LogP contribution is 2.12. The summed E-state index contributed by atoms with van der Waals surface area (Å²) in [5.74, 6) is -4.16. The number of carboxylic acids is 1. The van der Waals surface area contributed by atoms with Crippen LogP contribution in [0.5, 0.6) is 0 Å². The quantitative estimate of drug-likeness (QED) is 0.440. The van der Waals surface area contributed by atoms with Crippen LogP contribution >= 0.6 is 0 Å². The van der Waals surface area contributed by atoms with Crippen LogP contribution in [0.2, 0.25) is 0 Å². The normalized spacial score (nSPS) is 14.6. The summed E-state index contributed by atoms with van der Waals surface area (Å²) in [6.45, 7) is 2.41. The van der Waals surface area contributed by atoms with E-state index in [0.717, 1.165) is 20.8 Å². The smallest absolute Gasteiger partial charge is 0.349 e. The molecule has 0 fully saturated rings. The van der Waals surface area contributed by atoms with Crippen LogP contribution in [0.25, 0.3) is 0 Å². The molecule has 2 N–H and O–H groups in total. The van der Waals surface area contributed by atoms with E-state index in [1.54, 1.807) is 0 Å². The highest BCUT2D eigenvalue weighted by atomic mass is 16.6. The van der Waals surface area contributed by atoms with E-state index in [9.17, 15) is 24.3 Å². The van der Waals surface area contributed by atoms with Crippen LogP contribution in [0.15, 0.2) is 0 Å². The van der Waals surface area contributed by atoms with Crippen molar-refractivity contribution in [1.82, 2.24) is 0 Å². The number of aliphatic hydroxyl groups excluding tert-OH is 1. The first kappa shape index (κ1) is 17.8. The molecular weight excluding hydrogens is 276 g/mol. The summed E-state index contributed by atoms with van der Waals surface area (Å²) in [7, 11) is 0. The van der Waals surface area contributed by atoms with Crippen molar-refractivity contribution in [3.63, 3.8) is 0 Å². The topological polar surface area (TPSA) is 136 Å². The molecule has 0 aromatic heterocycles. The molecule has 0 aromatic rings. The van der Waals surface area contributed by atoms with E-state index < -0.39 is 48.8 Å². The number of rotatable bonds is 7. The standard InChI is InChI=1S/C11H16O9/c1-5(12)18-4-8(15)9(19-6(2)13)10(11(16)17)20-7(3)14/h8-10,15H,4H2,1-3H3,(H,16,17)/t8-,9+,10+/m0/s1. The Labute approximate surface area is 114 Å². The molecule has 0 saturated heterocycles. The zero-order valence-corrected chi connectivity index (χ0v) is 11.2. The first-order chi connectivity index (χ1) is 9.15. The molecule has 0 heterocycles. The van der Waals surface area contributed by atoms with Gasteiger partial charge in [-0.3, -0.25) is 14.4 Å². The predicted octanol–water partition coefficient (Wildman–Crippen LogP) is -1.14. The Balaban J connectivity index is 5.06. The minimum atomic E-state index is -1.91. The van der Waals surface area contributed by atoms with Gasteiger partial charge >= 0.3 is 23.9 Å². The molecule has 0 radical (unpaired) electrons. The number of ether oxygens (including phenoxy) is 3. The van der Waals surface area contributed by atoms with Gasteiger partial charge in [-0.15, -0.1) is 0 Å². The van der Waals surface area contributed by atoms with Gasteiger partial charge in [0.2, 0.25) is 6.10 Å². The second kappa shape index (κ2) is 8.10. The van der Waals surface area contributed by atoms with Crippen LogP contribution in [-0.2, 0) is 33.4 Å². The van der Waals surface area contributed by atoms with Crippen molar-refractivity contribution in [2.24, 2.45) is 0 Å². The molecule has 0 aliphatic carbocycles. The van der Waals surface area contributed by atoms with Gasteiger partial charge in [-0.1, -0.05) is 0 Å². The Kier molecular flexibility index (Phi) is 7.22. The highest BCUT2D eigenvalue weighted by molar-refractivity contribution is 5.78. The van der Waals surface area contributed by atoms with Gasteiger partial charge in [0.25, 0.3) is 0 Å². The number of carboxylic acid groups (broad SMARTS) is 1. The van der Waals surface area contributed by atoms with E-state index >= 15 is 0 Å². The molecule has 0 bridgehead atoms. The lowest BCUT2D eigenvalue weighted by atomic mass is 10.1. The maximum absolute atomic E-state index is 11.0. The Bertz CT molecular complexity index is 389. The van der Waals surface area contributed by atoms with E-state index in [1.807, 2.05) is 0 Å². The fraction of sp³-hybridized carbons (Fsp3) is 0.636. The molecule has 0 saturated carbocycles. The predicted molar refractivity (Wildman–Crippen MR) is 61.4 cm³/mol. The summed E-state index contributed by atoms with van der Waals surface area (Å²) in [6, 6.07) is 0. The molecule has 20 heavy (non-hydrogen) atoms. The Morgan fingerprint density at radius 3 is 1.80 bits per heavy atom. The molecule has 114 valence electrons. The van der Waals surface area contributed by atoms with Crippen LogP contribution in [0.3, 0.4) is 0 Å². The lowest BCUT2D eigenvalue weighted by Gasteiger charge is -2.26. The van der Waals surface area contributed by atoms with Crippen LogP contribution in [0.4, 0.5) is 0 Å². The van der Waals surface area contributed by atoms with Crippen molar-refractivity contribution >= 4 is 23.9 Å². The second-order valence-electron chi connectivity index (χ2n) is 3.81. The van der Waals surface area contributed by atoms with Crippen molar-refractivity contribution in [2.45, 2.75) is 39.1 Å². The molecule has 0 rings (SSSR count). The van der Waals surface area contributed by atoms with E-state index in [-0.39, 0.29) is 0 Å². The number of hydrogen-bond donors (Lipinski definition) is 2. The van der Waals surface area contributed by atoms with Crippen LogP contribution in [0, 0.1) is 0 Å². The average Bonchev–Trinajstić information content (AvgIpc) is 2.29. The van der Waals surface area contributed by atoms with E-state index in [4.69, 9.17) is 5.11 Å². The minimum Gasteiger partial charge on any atom is -0.478 e. The number of carbonyl (C=O) groups is 4.